The first kappa shape index (κ1) is 13.9. The van der Waals surface area contributed by atoms with E-state index in [0.29, 0.717) is 11.0 Å². The van der Waals surface area contributed by atoms with Crippen molar-refractivity contribution in [1.82, 2.24) is 0 Å². The Kier molecular flexibility index (Phi) is 5.88. The molecule has 1 unspecified atom stereocenters. The molecule has 0 aromatic carbocycles. The fourth-order valence-electron chi connectivity index (χ4n) is 0.929. The zero-order valence-corrected chi connectivity index (χ0v) is 7.82. The number of aliphatic hydroxyl groups excluding tert-OH is 1. The Labute approximate surface area is 72.7 Å². The Hall–Kier alpha value is -0.650. The van der Waals surface area contributed by atoms with Gasteiger partial charge in [0.1, 0.15) is 12.6 Å². The van der Waals surface area contributed by atoms with E-state index in [1.54, 1.807) is 0 Å². The summed E-state index contributed by atoms with van der Waals surface area (Å²) in [6.07, 6.45) is -0.567. The molecule has 0 fully saturated rings. The van der Waals surface area contributed by atoms with Crippen LogP contribution >= 0.6 is 0 Å². The van der Waals surface area contributed by atoms with E-state index in [4.69, 9.17) is 5.73 Å². The van der Waals surface area contributed by atoms with E-state index in [1.807, 2.05) is 21.1 Å². The predicted molar refractivity (Wildman–Crippen MR) is 44.7 cm³/mol. The second kappa shape index (κ2) is 5.08. The van der Waals surface area contributed by atoms with Gasteiger partial charge in [-0.1, -0.05) is 0 Å². The Bertz CT molecular complexity index is 142. The van der Waals surface area contributed by atoms with Gasteiger partial charge in [-0.15, -0.1) is 0 Å². The highest BCUT2D eigenvalue weighted by molar-refractivity contribution is 5.74. The summed E-state index contributed by atoms with van der Waals surface area (Å²) >= 11 is 0. The molecular formula is C7H18N2O3. The molecule has 74 valence electrons. The lowest BCUT2D eigenvalue weighted by Crippen LogP contribution is -2.42. The third-order valence-corrected chi connectivity index (χ3v) is 1.20. The molecule has 0 aromatic rings. The summed E-state index contributed by atoms with van der Waals surface area (Å²) < 4.78 is 0.633. The minimum Gasteiger partial charge on any atom is -0.870 e. The minimum atomic E-state index is -0.618. The number of carbonyl (C=O) groups is 1. The maximum Gasteiger partial charge on any atom is 0.220 e. The summed E-state index contributed by atoms with van der Waals surface area (Å²) in [6, 6.07) is 0. The number of hydrogen-bond donors (Lipinski definition) is 2. The number of likely N-dealkylation sites (N-methyl/N-ethyl adjacent to an activating group) is 1. The second-order valence-electron chi connectivity index (χ2n) is 3.80. The number of hydrogen-bond acceptors (Lipinski definition) is 3. The molecule has 0 spiro atoms. The molecule has 4 N–H and O–H groups in total. The van der Waals surface area contributed by atoms with E-state index < -0.39 is 12.0 Å². The number of aliphatic hydroxyl groups is 1. The van der Waals surface area contributed by atoms with Crippen LogP contribution in [0.1, 0.15) is 6.42 Å². The van der Waals surface area contributed by atoms with Gasteiger partial charge in [-0.25, -0.2) is 0 Å². The van der Waals surface area contributed by atoms with E-state index in [2.05, 4.69) is 0 Å². The van der Waals surface area contributed by atoms with Crippen LogP contribution < -0.4 is 5.73 Å². The Morgan fingerprint density at radius 1 is 1.50 bits per heavy atom. The molecule has 12 heavy (non-hydrogen) atoms. The number of rotatable bonds is 4. The first-order valence-corrected chi connectivity index (χ1v) is 3.58. The molecule has 1 amide bonds. The van der Waals surface area contributed by atoms with E-state index in [0.717, 1.165) is 0 Å². The van der Waals surface area contributed by atoms with Gasteiger partial charge in [0.2, 0.25) is 5.91 Å². The fourth-order valence-corrected chi connectivity index (χ4v) is 0.929. The van der Waals surface area contributed by atoms with Crippen LogP contribution in [0.15, 0.2) is 0 Å². The number of carbonyl (C=O) groups excluding carboxylic acids is 1. The third kappa shape index (κ3) is 9.35. The number of amides is 1. The van der Waals surface area contributed by atoms with E-state index in [-0.39, 0.29) is 11.9 Å². The summed E-state index contributed by atoms with van der Waals surface area (Å²) in [5.74, 6) is -0.453. The molecule has 5 nitrogen and oxygen atoms in total. The highest BCUT2D eigenvalue weighted by Gasteiger charge is 2.16. The van der Waals surface area contributed by atoms with Crippen LogP contribution in [-0.4, -0.2) is 54.8 Å². The van der Waals surface area contributed by atoms with Gasteiger partial charge in [-0.3, -0.25) is 4.79 Å². The lowest BCUT2D eigenvalue weighted by Gasteiger charge is -2.26. The van der Waals surface area contributed by atoms with Gasteiger partial charge in [0.15, 0.2) is 0 Å². The first-order chi connectivity index (χ1) is 4.81. The summed E-state index contributed by atoms with van der Waals surface area (Å²) in [5, 5.41) is 9.24. The van der Waals surface area contributed by atoms with E-state index in [9.17, 15) is 9.90 Å². The molecule has 0 aliphatic carbocycles. The van der Waals surface area contributed by atoms with Crippen LogP contribution in [0.25, 0.3) is 0 Å². The highest BCUT2D eigenvalue weighted by Crippen LogP contribution is 1.97. The molecule has 5 heteroatoms. The smallest absolute Gasteiger partial charge is 0.220 e. The Morgan fingerprint density at radius 3 is 2.17 bits per heavy atom. The Morgan fingerprint density at radius 2 is 1.92 bits per heavy atom. The van der Waals surface area contributed by atoms with Crippen LogP contribution in [0.2, 0.25) is 0 Å². The second-order valence-corrected chi connectivity index (χ2v) is 3.80. The van der Waals surface area contributed by atoms with Gasteiger partial charge in [0.25, 0.3) is 0 Å². The van der Waals surface area contributed by atoms with Crippen LogP contribution in [0, 0.1) is 0 Å². The van der Waals surface area contributed by atoms with Crippen LogP contribution in [0.3, 0.4) is 0 Å². The predicted octanol–water partition coefficient (Wildman–Crippen LogP) is -1.25. The molecule has 1 atom stereocenters. The summed E-state index contributed by atoms with van der Waals surface area (Å²) in [7, 11) is 5.85. The highest BCUT2D eigenvalue weighted by atomic mass is 16.3. The molecular weight excluding hydrogens is 160 g/mol. The van der Waals surface area contributed by atoms with Crippen molar-refractivity contribution >= 4 is 5.91 Å². The van der Waals surface area contributed by atoms with Crippen molar-refractivity contribution in [3.05, 3.63) is 0 Å². The average molecular weight is 178 g/mol. The number of nitrogens with zero attached hydrogens (tertiary/aromatic N) is 1. The molecule has 0 heterocycles. The largest absolute Gasteiger partial charge is 0.870 e. The summed E-state index contributed by atoms with van der Waals surface area (Å²) in [4.78, 5) is 10.4. The third-order valence-electron chi connectivity index (χ3n) is 1.20. The number of nitrogens with two attached hydrogens (primary N) is 1. The van der Waals surface area contributed by atoms with Crippen LogP contribution in [0.5, 0.6) is 0 Å². The zero-order valence-electron chi connectivity index (χ0n) is 7.82. The van der Waals surface area contributed by atoms with Crippen LogP contribution in [-0.2, 0) is 4.79 Å². The van der Waals surface area contributed by atoms with Gasteiger partial charge in [-0.2, -0.15) is 0 Å². The van der Waals surface area contributed by atoms with Crippen molar-refractivity contribution < 1.29 is 19.9 Å². The molecule has 0 bridgehead atoms. The SMILES string of the molecule is C[N+](C)(C)CC(O)CC(N)=O.[OH-]. The van der Waals surface area contributed by atoms with E-state index in [1.165, 1.54) is 0 Å². The topological polar surface area (TPSA) is 93.3 Å². The standard InChI is InChI=1S/C7H16N2O2.H2O/c1-9(2,3)5-6(10)4-7(8)11;/h6,10H,4-5H2,1-3H3,(H-,8,11);1H2. The summed E-state index contributed by atoms with van der Waals surface area (Å²) in [6.45, 7) is 0.545. The van der Waals surface area contributed by atoms with E-state index >= 15 is 0 Å². The fraction of sp³-hybridized carbons (Fsp3) is 0.857. The van der Waals surface area contributed by atoms with Crippen molar-refractivity contribution in [2.24, 2.45) is 5.73 Å². The van der Waals surface area contributed by atoms with Gasteiger partial charge < -0.3 is 20.8 Å². The van der Waals surface area contributed by atoms with Gasteiger partial charge in [-0.05, 0) is 0 Å². The van der Waals surface area contributed by atoms with Crippen molar-refractivity contribution in [3.63, 3.8) is 0 Å². The molecule has 0 radical (unpaired) electrons. The zero-order chi connectivity index (χ0) is 9.07. The molecule has 0 saturated carbocycles. The molecule has 0 saturated heterocycles. The maximum atomic E-state index is 10.4. The molecule has 0 aliphatic heterocycles. The first-order valence-electron chi connectivity index (χ1n) is 3.58. The maximum absolute atomic E-state index is 10.4. The summed E-state index contributed by atoms with van der Waals surface area (Å²) in [5.41, 5.74) is 4.91. The molecule has 0 aliphatic rings. The van der Waals surface area contributed by atoms with Crippen LogP contribution in [0.4, 0.5) is 0 Å². The van der Waals surface area contributed by atoms with Crippen molar-refractivity contribution in [1.29, 1.82) is 0 Å². The lowest BCUT2D eigenvalue weighted by molar-refractivity contribution is -0.873. The number of primary amides is 1. The quantitative estimate of drug-likeness (QED) is 0.527. The number of quaternary nitrogens is 1. The van der Waals surface area contributed by atoms with Gasteiger partial charge in [0, 0.05) is 0 Å². The normalized spacial score (nSPS) is 13.3. The van der Waals surface area contributed by atoms with Gasteiger partial charge in [0.05, 0.1) is 27.6 Å². The van der Waals surface area contributed by atoms with Gasteiger partial charge >= 0.3 is 0 Å². The lowest BCUT2D eigenvalue weighted by atomic mass is 10.2. The Balaban J connectivity index is 0. The minimum absolute atomic E-state index is 0. The van der Waals surface area contributed by atoms with Crippen molar-refractivity contribution in [2.45, 2.75) is 12.5 Å². The monoisotopic (exact) mass is 178 g/mol. The van der Waals surface area contributed by atoms with Crippen molar-refractivity contribution in [2.75, 3.05) is 27.7 Å². The average Bonchev–Trinajstić information content (AvgIpc) is 1.53. The van der Waals surface area contributed by atoms with Crippen molar-refractivity contribution in [3.8, 4) is 0 Å². The molecule has 0 aromatic heterocycles. The molecule has 0 rings (SSSR count).